The van der Waals surface area contributed by atoms with Crippen molar-refractivity contribution >= 4 is 17.0 Å². The summed E-state index contributed by atoms with van der Waals surface area (Å²) in [5.41, 5.74) is 1.39. The maximum Gasteiger partial charge on any atom is 0.419 e. The standard InChI is InChI=1S/C17H23N3O4/c1-3-12(11-21)19-7-9-20(10-8-19)16(22)13-5-4-6-14-15(13)24-17(23)18(14)2/h4-6,12,21H,3,7-11H2,1-2H3. The third-order valence-corrected chi connectivity index (χ3v) is 4.85. The molecule has 7 heteroatoms. The minimum Gasteiger partial charge on any atom is -0.407 e. The molecule has 2 aromatic rings. The van der Waals surface area contributed by atoms with E-state index in [0.717, 1.165) is 19.5 Å². The van der Waals surface area contributed by atoms with Gasteiger partial charge >= 0.3 is 5.76 Å². The van der Waals surface area contributed by atoms with Crippen LogP contribution in [0.4, 0.5) is 0 Å². The zero-order valence-electron chi connectivity index (χ0n) is 14.1. The minimum absolute atomic E-state index is 0.119. The molecule has 1 fully saturated rings. The predicted octanol–water partition coefficient (Wildman–Crippen LogP) is 0.660. The van der Waals surface area contributed by atoms with E-state index in [1.54, 1.807) is 30.1 Å². The van der Waals surface area contributed by atoms with Crippen molar-refractivity contribution in [3.63, 3.8) is 0 Å². The Morgan fingerprint density at radius 1 is 1.29 bits per heavy atom. The molecule has 2 heterocycles. The van der Waals surface area contributed by atoms with E-state index in [0.29, 0.717) is 29.8 Å². The first-order valence-corrected chi connectivity index (χ1v) is 8.29. The molecule has 1 aliphatic rings. The van der Waals surface area contributed by atoms with Gasteiger partial charge in [0.05, 0.1) is 17.7 Å². The van der Waals surface area contributed by atoms with E-state index in [4.69, 9.17) is 4.42 Å². The summed E-state index contributed by atoms with van der Waals surface area (Å²) < 4.78 is 6.65. The Balaban J connectivity index is 1.79. The molecule has 1 unspecified atom stereocenters. The van der Waals surface area contributed by atoms with Crippen LogP contribution in [0.5, 0.6) is 0 Å². The number of aliphatic hydroxyl groups is 1. The second-order valence-corrected chi connectivity index (χ2v) is 6.15. The molecule has 24 heavy (non-hydrogen) atoms. The van der Waals surface area contributed by atoms with E-state index in [1.165, 1.54) is 4.57 Å². The van der Waals surface area contributed by atoms with Gasteiger partial charge in [0.25, 0.3) is 5.91 Å². The van der Waals surface area contributed by atoms with Crippen molar-refractivity contribution in [3.05, 3.63) is 34.3 Å². The summed E-state index contributed by atoms with van der Waals surface area (Å²) in [6, 6.07) is 5.38. The van der Waals surface area contributed by atoms with Gasteiger partial charge in [-0.05, 0) is 18.6 Å². The highest BCUT2D eigenvalue weighted by molar-refractivity contribution is 6.04. The fourth-order valence-corrected chi connectivity index (χ4v) is 3.28. The van der Waals surface area contributed by atoms with Gasteiger partial charge < -0.3 is 14.4 Å². The van der Waals surface area contributed by atoms with Crippen LogP contribution in [0.2, 0.25) is 0 Å². The molecule has 0 spiro atoms. The van der Waals surface area contributed by atoms with Crippen LogP contribution >= 0.6 is 0 Å². The molecule has 0 aliphatic carbocycles. The summed E-state index contributed by atoms with van der Waals surface area (Å²) >= 11 is 0. The molecule has 0 saturated carbocycles. The maximum atomic E-state index is 12.8. The number of amides is 1. The van der Waals surface area contributed by atoms with Crippen molar-refractivity contribution < 1.29 is 14.3 Å². The lowest BCUT2D eigenvalue weighted by atomic mass is 10.1. The van der Waals surface area contributed by atoms with Crippen LogP contribution in [0.3, 0.4) is 0 Å². The molecule has 1 aromatic heterocycles. The zero-order chi connectivity index (χ0) is 17.3. The number of hydrogen-bond acceptors (Lipinski definition) is 5. The molecule has 7 nitrogen and oxygen atoms in total. The van der Waals surface area contributed by atoms with Crippen LogP contribution in [0.25, 0.3) is 11.1 Å². The number of benzene rings is 1. The first-order valence-electron chi connectivity index (χ1n) is 8.29. The molecule has 3 rings (SSSR count). The molecule has 1 aromatic carbocycles. The normalized spacial score (nSPS) is 17.4. The number of rotatable bonds is 4. The summed E-state index contributed by atoms with van der Waals surface area (Å²) in [5.74, 6) is -0.588. The number of aliphatic hydroxyl groups excluding tert-OH is 1. The zero-order valence-corrected chi connectivity index (χ0v) is 14.1. The van der Waals surface area contributed by atoms with E-state index in [-0.39, 0.29) is 18.6 Å². The largest absolute Gasteiger partial charge is 0.419 e. The maximum absolute atomic E-state index is 12.8. The summed E-state index contributed by atoms with van der Waals surface area (Å²) in [6.45, 7) is 4.86. The second-order valence-electron chi connectivity index (χ2n) is 6.15. The number of para-hydroxylation sites is 1. The monoisotopic (exact) mass is 333 g/mol. The van der Waals surface area contributed by atoms with E-state index in [2.05, 4.69) is 11.8 Å². The number of oxazole rings is 1. The number of hydrogen-bond donors (Lipinski definition) is 1. The molecule has 0 radical (unpaired) electrons. The van der Waals surface area contributed by atoms with E-state index in [1.807, 2.05) is 0 Å². The molecule has 1 amide bonds. The summed E-state index contributed by atoms with van der Waals surface area (Å²) in [7, 11) is 1.63. The summed E-state index contributed by atoms with van der Waals surface area (Å²) in [5, 5.41) is 9.41. The molecule has 0 bridgehead atoms. The SMILES string of the molecule is CCC(CO)N1CCN(C(=O)c2cccc3c2oc(=O)n3C)CC1. The Morgan fingerprint density at radius 2 is 2.00 bits per heavy atom. The van der Waals surface area contributed by atoms with Crippen LogP contribution in [-0.4, -0.2) is 64.2 Å². The van der Waals surface area contributed by atoms with Gasteiger partial charge in [-0.3, -0.25) is 14.3 Å². The van der Waals surface area contributed by atoms with Crippen molar-refractivity contribution in [3.8, 4) is 0 Å². The lowest BCUT2D eigenvalue weighted by Crippen LogP contribution is -2.52. The smallest absolute Gasteiger partial charge is 0.407 e. The fourth-order valence-electron chi connectivity index (χ4n) is 3.28. The molecule has 130 valence electrons. The Hall–Kier alpha value is -2.12. The van der Waals surface area contributed by atoms with E-state index >= 15 is 0 Å². The van der Waals surface area contributed by atoms with Crippen molar-refractivity contribution in [1.82, 2.24) is 14.4 Å². The van der Waals surface area contributed by atoms with Gasteiger partial charge in [-0.2, -0.15) is 0 Å². The van der Waals surface area contributed by atoms with Crippen LogP contribution in [0.1, 0.15) is 23.7 Å². The highest BCUT2D eigenvalue weighted by atomic mass is 16.4. The van der Waals surface area contributed by atoms with Gasteiger partial charge in [0.2, 0.25) is 0 Å². The number of fused-ring (bicyclic) bond motifs is 1. The molecule has 1 atom stereocenters. The highest BCUT2D eigenvalue weighted by Gasteiger charge is 2.27. The number of carbonyl (C=O) groups excluding carboxylic acids is 1. The van der Waals surface area contributed by atoms with Crippen LogP contribution in [-0.2, 0) is 7.05 Å². The van der Waals surface area contributed by atoms with Gasteiger partial charge in [-0.15, -0.1) is 0 Å². The second kappa shape index (κ2) is 6.78. The lowest BCUT2D eigenvalue weighted by molar-refractivity contribution is 0.0473. The van der Waals surface area contributed by atoms with Gasteiger partial charge in [-0.1, -0.05) is 13.0 Å². The van der Waals surface area contributed by atoms with Crippen molar-refractivity contribution in [1.29, 1.82) is 0 Å². The Morgan fingerprint density at radius 3 is 2.62 bits per heavy atom. The molecular weight excluding hydrogens is 310 g/mol. The van der Waals surface area contributed by atoms with Gasteiger partial charge in [0, 0.05) is 39.3 Å². The number of aromatic nitrogens is 1. The van der Waals surface area contributed by atoms with Gasteiger partial charge in [-0.25, -0.2) is 4.79 Å². The number of nitrogens with zero attached hydrogens (tertiary/aromatic N) is 3. The number of aryl methyl sites for hydroxylation is 1. The van der Waals surface area contributed by atoms with Gasteiger partial charge in [0.1, 0.15) is 0 Å². The quantitative estimate of drug-likeness (QED) is 0.889. The van der Waals surface area contributed by atoms with Gasteiger partial charge in [0.15, 0.2) is 5.58 Å². The average molecular weight is 333 g/mol. The van der Waals surface area contributed by atoms with Crippen molar-refractivity contribution in [2.24, 2.45) is 7.05 Å². The summed E-state index contributed by atoms with van der Waals surface area (Å²) in [4.78, 5) is 28.5. The first-order chi connectivity index (χ1) is 11.6. The topological polar surface area (TPSA) is 78.9 Å². The Bertz CT molecular complexity index is 783. The van der Waals surface area contributed by atoms with E-state index in [9.17, 15) is 14.7 Å². The fraction of sp³-hybridized carbons (Fsp3) is 0.529. The lowest BCUT2D eigenvalue weighted by Gasteiger charge is -2.38. The number of carbonyl (C=O) groups is 1. The summed E-state index contributed by atoms with van der Waals surface area (Å²) in [6.07, 6.45) is 0.888. The third-order valence-electron chi connectivity index (χ3n) is 4.85. The molecule has 1 N–H and O–H groups in total. The predicted molar refractivity (Wildman–Crippen MR) is 90.1 cm³/mol. The van der Waals surface area contributed by atoms with E-state index < -0.39 is 5.76 Å². The minimum atomic E-state index is -0.469. The van der Waals surface area contributed by atoms with Crippen LogP contribution in [0.15, 0.2) is 27.4 Å². The van der Waals surface area contributed by atoms with Crippen molar-refractivity contribution in [2.75, 3.05) is 32.8 Å². The van der Waals surface area contributed by atoms with Crippen LogP contribution < -0.4 is 5.76 Å². The average Bonchev–Trinajstić information content (AvgIpc) is 2.91. The van der Waals surface area contributed by atoms with Crippen molar-refractivity contribution in [2.45, 2.75) is 19.4 Å². The van der Waals surface area contributed by atoms with Crippen LogP contribution in [0, 0.1) is 0 Å². The number of piperazine rings is 1. The Kier molecular flexibility index (Phi) is 4.73. The highest BCUT2D eigenvalue weighted by Crippen LogP contribution is 2.20. The first kappa shape index (κ1) is 16.7. The Labute approximate surface area is 140 Å². The third kappa shape index (κ3) is 2.85. The molecule has 1 saturated heterocycles. The molecular formula is C17H23N3O4. The molecule has 1 aliphatic heterocycles.